The highest BCUT2D eigenvalue weighted by Crippen LogP contribution is 2.35. The molecule has 0 amide bonds. The van der Waals surface area contributed by atoms with Crippen molar-refractivity contribution in [2.24, 2.45) is 0 Å². The molecule has 3 nitrogen and oxygen atoms in total. The molecule has 0 aliphatic rings. The highest BCUT2D eigenvalue weighted by atomic mass is 28.3. The van der Waals surface area contributed by atoms with E-state index in [1.165, 1.54) is 5.45 Å². The lowest BCUT2D eigenvalue weighted by molar-refractivity contribution is 0.0896. The Morgan fingerprint density at radius 2 is 2.00 bits per heavy atom. The van der Waals surface area contributed by atoms with Gasteiger partial charge in [0.2, 0.25) is 0 Å². The summed E-state index contributed by atoms with van der Waals surface area (Å²) in [6.45, 7) is 15.0. The van der Waals surface area contributed by atoms with Crippen LogP contribution >= 0.6 is 0 Å². The molecule has 0 aromatic carbocycles. The van der Waals surface area contributed by atoms with Gasteiger partial charge in [0.25, 0.3) is 0 Å². The summed E-state index contributed by atoms with van der Waals surface area (Å²) < 4.78 is 7.63. The van der Waals surface area contributed by atoms with Crippen LogP contribution in [0.15, 0.2) is 12.4 Å². The van der Waals surface area contributed by atoms with Gasteiger partial charge in [-0.25, -0.2) is 4.98 Å². The van der Waals surface area contributed by atoms with Crippen LogP contribution < -0.4 is 5.45 Å². The minimum Gasteiger partial charge on any atom is -0.361 e. The van der Waals surface area contributed by atoms with E-state index in [1.54, 1.807) is 0 Å². The second-order valence-electron chi connectivity index (χ2n) is 5.72. The van der Waals surface area contributed by atoms with Crippen LogP contribution in [0.1, 0.15) is 27.7 Å². The fourth-order valence-electron chi connectivity index (χ4n) is 1.48. The van der Waals surface area contributed by atoms with Crippen LogP contribution in [0.4, 0.5) is 0 Å². The van der Waals surface area contributed by atoms with Gasteiger partial charge in [0.1, 0.15) is 14.8 Å². The Kier molecular flexibility index (Phi) is 3.96. The molecule has 0 aliphatic carbocycles. The first-order chi connectivity index (χ1) is 7.30. The third-order valence-electron chi connectivity index (χ3n) is 3.58. The summed E-state index contributed by atoms with van der Waals surface area (Å²) >= 11 is 0. The molecule has 1 rings (SSSR count). The van der Waals surface area contributed by atoms with Crippen LogP contribution in [0, 0.1) is 0 Å². The van der Waals surface area contributed by atoms with Gasteiger partial charge in [-0.05, 0) is 12.0 Å². The standard InChI is InChI=1S/C12H24N2OSi/c1-7-15-10-14-9-8-13-11(14)16(5,6)12(2,3)4/h8-9H,7,10H2,1-6H3. The van der Waals surface area contributed by atoms with Crippen LogP contribution in [-0.4, -0.2) is 24.2 Å². The third kappa shape index (κ3) is 2.55. The van der Waals surface area contributed by atoms with Crippen molar-refractivity contribution in [3.63, 3.8) is 0 Å². The second-order valence-corrected chi connectivity index (χ2v) is 10.9. The van der Waals surface area contributed by atoms with Crippen LogP contribution in [-0.2, 0) is 11.5 Å². The Morgan fingerprint density at radius 1 is 1.38 bits per heavy atom. The number of ether oxygens (including phenoxy) is 1. The molecule has 0 spiro atoms. The van der Waals surface area contributed by atoms with E-state index in [2.05, 4.69) is 43.4 Å². The molecule has 0 aliphatic heterocycles. The van der Waals surface area contributed by atoms with Gasteiger partial charge in [-0.1, -0.05) is 33.9 Å². The first kappa shape index (κ1) is 13.5. The van der Waals surface area contributed by atoms with Crippen molar-refractivity contribution in [2.75, 3.05) is 6.61 Å². The molecular formula is C12H24N2OSi. The Balaban J connectivity index is 2.99. The molecule has 1 aromatic heterocycles. The van der Waals surface area contributed by atoms with Crippen molar-refractivity contribution in [1.82, 2.24) is 9.55 Å². The van der Waals surface area contributed by atoms with Gasteiger partial charge in [0.15, 0.2) is 0 Å². The van der Waals surface area contributed by atoms with Crippen molar-refractivity contribution in [3.05, 3.63) is 12.4 Å². The highest BCUT2D eigenvalue weighted by Gasteiger charge is 2.40. The van der Waals surface area contributed by atoms with Crippen molar-refractivity contribution in [2.45, 2.75) is 52.6 Å². The summed E-state index contributed by atoms with van der Waals surface area (Å²) in [7, 11) is -1.55. The van der Waals surface area contributed by atoms with Gasteiger partial charge in [-0.15, -0.1) is 0 Å². The topological polar surface area (TPSA) is 27.1 Å². The van der Waals surface area contributed by atoms with E-state index in [-0.39, 0.29) is 0 Å². The van der Waals surface area contributed by atoms with Crippen molar-refractivity contribution >= 4 is 13.5 Å². The second kappa shape index (κ2) is 4.71. The van der Waals surface area contributed by atoms with Gasteiger partial charge >= 0.3 is 0 Å². The number of nitrogens with zero attached hydrogens (tertiary/aromatic N) is 2. The molecule has 0 N–H and O–H groups in total. The maximum atomic E-state index is 5.47. The van der Waals surface area contributed by atoms with Crippen LogP contribution in [0.2, 0.25) is 18.1 Å². The van der Waals surface area contributed by atoms with E-state index in [1.807, 2.05) is 19.3 Å². The first-order valence-electron chi connectivity index (χ1n) is 5.90. The number of imidazole rings is 1. The number of hydrogen-bond acceptors (Lipinski definition) is 2. The van der Waals surface area contributed by atoms with E-state index in [0.29, 0.717) is 11.8 Å². The lowest BCUT2D eigenvalue weighted by Crippen LogP contribution is -2.54. The van der Waals surface area contributed by atoms with Crippen LogP contribution in [0.5, 0.6) is 0 Å². The molecule has 1 aromatic rings. The summed E-state index contributed by atoms with van der Waals surface area (Å²) in [5.74, 6) is 0. The molecule has 0 saturated heterocycles. The first-order valence-corrected chi connectivity index (χ1v) is 8.90. The van der Waals surface area contributed by atoms with Gasteiger partial charge < -0.3 is 9.30 Å². The Hall–Kier alpha value is -0.613. The van der Waals surface area contributed by atoms with Crippen LogP contribution in [0.25, 0.3) is 0 Å². The highest BCUT2D eigenvalue weighted by molar-refractivity contribution is 6.91. The normalized spacial score (nSPS) is 13.1. The molecule has 16 heavy (non-hydrogen) atoms. The molecule has 4 heteroatoms. The lowest BCUT2D eigenvalue weighted by Gasteiger charge is -2.36. The minimum atomic E-state index is -1.55. The van der Waals surface area contributed by atoms with E-state index in [9.17, 15) is 0 Å². The summed E-state index contributed by atoms with van der Waals surface area (Å²) in [5.41, 5.74) is 1.23. The summed E-state index contributed by atoms with van der Waals surface area (Å²) in [6, 6.07) is 0. The van der Waals surface area contributed by atoms with E-state index >= 15 is 0 Å². The molecule has 0 fully saturated rings. The zero-order valence-corrected chi connectivity index (χ0v) is 12.4. The smallest absolute Gasteiger partial charge is 0.131 e. The summed E-state index contributed by atoms with van der Waals surface area (Å²) in [6.07, 6.45) is 3.90. The van der Waals surface area contributed by atoms with Gasteiger partial charge in [0, 0.05) is 19.0 Å². The predicted octanol–water partition coefficient (Wildman–Crippen LogP) is 2.59. The molecule has 0 radical (unpaired) electrons. The molecule has 92 valence electrons. The minimum absolute atomic E-state index is 0.308. The molecule has 0 atom stereocenters. The monoisotopic (exact) mass is 240 g/mol. The summed E-state index contributed by atoms with van der Waals surface area (Å²) in [4.78, 5) is 4.55. The quantitative estimate of drug-likeness (QED) is 0.756. The third-order valence-corrected chi connectivity index (χ3v) is 8.87. The average Bonchev–Trinajstić information content (AvgIpc) is 2.61. The molecular weight excluding hydrogens is 216 g/mol. The Labute approximate surface area is 99.8 Å². The van der Waals surface area contributed by atoms with Crippen molar-refractivity contribution < 1.29 is 4.74 Å². The fraction of sp³-hybridized carbons (Fsp3) is 0.750. The maximum absolute atomic E-state index is 5.47. The lowest BCUT2D eigenvalue weighted by atomic mass is 10.2. The fourth-order valence-corrected chi connectivity index (χ4v) is 3.40. The van der Waals surface area contributed by atoms with Crippen molar-refractivity contribution in [1.29, 1.82) is 0 Å². The summed E-state index contributed by atoms with van der Waals surface area (Å²) in [5, 5.41) is 0.308. The van der Waals surface area contributed by atoms with E-state index < -0.39 is 8.07 Å². The van der Waals surface area contributed by atoms with Gasteiger partial charge in [0.05, 0.1) is 5.45 Å². The van der Waals surface area contributed by atoms with Crippen LogP contribution in [0.3, 0.4) is 0 Å². The largest absolute Gasteiger partial charge is 0.361 e. The Bertz CT molecular complexity index is 339. The van der Waals surface area contributed by atoms with Gasteiger partial charge in [-0.2, -0.15) is 0 Å². The van der Waals surface area contributed by atoms with Crippen molar-refractivity contribution in [3.8, 4) is 0 Å². The number of rotatable bonds is 4. The zero-order chi connectivity index (χ0) is 12.4. The molecule has 0 bridgehead atoms. The predicted molar refractivity (Wildman–Crippen MR) is 70.7 cm³/mol. The Morgan fingerprint density at radius 3 is 2.50 bits per heavy atom. The average molecular weight is 240 g/mol. The molecule has 1 heterocycles. The van der Waals surface area contributed by atoms with E-state index in [0.717, 1.165) is 6.61 Å². The SMILES string of the molecule is CCOCn1ccnc1[Si](C)(C)C(C)(C)C. The molecule has 0 saturated carbocycles. The molecule has 0 unspecified atom stereocenters. The maximum Gasteiger partial charge on any atom is 0.131 e. The van der Waals surface area contributed by atoms with E-state index in [4.69, 9.17) is 4.74 Å². The number of hydrogen-bond donors (Lipinski definition) is 0. The van der Waals surface area contributed by atoms with Gasteiger partial charge in [-0.3, -0.25) is 0 Å². The number of aromatic nitrogens is 2. The zero-order valence-electron chi connectivity index (χ0n) is 11.4.